The Balaban J connectivity index is 2.42. The first-order chi connectivity index (χ1) is 8.00. The lowest BCUT2D eigenvalue weighted by molar-refractivity contribution is 0.416. The van der Waals surface area contributed by atoms with E-state index >= 15 is 0 Å². The fourth-order valence-corrected chi connectivity index (χ4v) is 1.91. The number of unbranched alkanes of at least 4 members (excludes halogenated alkanes) is 2. The second kappa shape index (κ2) is 6.38. The first kappa shape index (κ1) is 13.7. The summed E-state index contributed by atoms with van der Waals surface area (Å²) < 4.78 is 0. The molecule has 0 atom stereocenters. The van der Waals surface area contributed by atoms with Crippen molar-refractivity contribution in [1.82, 2.24) is 0 Å². The van der Waals surface area contributed by atoms with Gasteiger partial charge in [-0.3, -0.25) is 0 Å². The summed E-state index contributed by atoms with van der Waals surface area (Å²) in [4.78, 5) is 0. The van der Waals surface area contributed by atoms with Gasteiger partial charge in [0.15, 0.2) is 0 Å². The minimum Gasteiger partial charge on any atom is -0.508 e. The lowest BCUT2D eigenvalue weighted by atomic mass is 10.0. The predicted octanol–water partition coefficient (Wildman–Crippen LogP) is 3.56. The van der Waals surface area contributed by atoms with Crippen molar-refractivity contribution in [2.75, 3.05) is 0 Å². The molecular formula is C14H22O3. The first-order valence-electron chi connectivity index (χ1n) is 6.24. The second-order valence-electron chi connectivity index (χ2n) is 4.96. The van der Waals surface area contributed by atoms with Crippen LogP contribution in [-0.4, -0.2) is 15.3 Å². The van der Waals surface area contributed by atoms with Crippen LogP contribution in [0.25, 0.3) is 0 Å². The summed E-state index contributed by atoms with van der Waals surface area (Å²) in [6.45, 7) is 4.41. The topological polar surface area (TPSA) is 60.7 Å². The van der Waals surface area contributed by atoms with Gasteiger partial charge in [0.05, 0.1) is 0 Å². The molecule has 1 aromatic carbocycles. The highest BCUT2D eigenvalue weighted by Crippen LogP contribution is 2.33. The number of rotatable bonds is 6. The molecule has 0 aromatic heterocycles. The summed E-state index contributed by atoms with van der Waals surface area (Å²) in [5.74, 6) is 0.576. The minimum absolute atomic E-state index is 0.0219. The third-order valence-corrected chi connectivity index (χ3v) is 2.90. The zero-order valence-electron chi connectivity index (χ0n) is 10.6. The molecule has 0 fully saturated rings. The van der Waals surface area contributed by atoms with Crippen LogP contribution in [0.15, 0.2) is 12.1 Å². The number of hydrogen-bond acceptors (Lipinski definition) is 3. The Morgan fingerprint density at radius 1 is 0.941 bits per heavy atom. The standard InChI is InChI=1S/C14H22O3/c1-10(2)6-4-3-5-7-12-13(16)8-11(15)9-14(12)17/h8-10,15-17H,3-7H2,1-2H3. The number of aromatic hydroxyl groups is 3. The van der Waals surface area contributed by atoms with Crippen LogP contribution in [0.4, 0.5) is 0 Å². The van der Waals surface area contributed by atoms with E-state index in [1.807, 2.05) is 0 Å². The Hall–Kier alpha value is -1.38. The van der Waals surface area contributed by atoms with Gasteiger partial charge in [-0.15, -0.1) is 0 Å². The van der Waals surface area contributed by atoms with Gasteiger partial charge in [-0.2, -0.15) is 0 Å². The summed E-state index contributed by atoms with van der Waals surface area (Å²) in [5, 5.41) is 28.4. The molecule has 0 heterocycles. The Labute approximate surface area is 103 Å². The molecule has 0 aliphatic carbocycles. The van der Waals surface area contributed by atoms with Gasteiger partial charge in [0.1, 0.15) is 17.2 Å². The van der Waals surface area contributed by atoms with Crippen molar-refractivity contribution >= 4 is 0 Å². The fourth-order valence-electron chi connectivity index (χ4n) is 1.91. The van der Waals surface area contributed by atoms with Gasteiger partial charge in [0, 0.05) is 17.7 Å². The smallest absolute Gasteiger partial charge is 0.126 e. The van der Waals surface area contributed by atoms with Gasteiger partial charge in [0.2, 0.25) is 0 Å². The SMILES string of the molecule is CC(C)CCCCCc1c(O)cc(O)cc1O. The monoisotopic (exact) mass is 238 g/mol. The Morgan fingerprint density at radius 3 is 2.06 bits per heavy atom. The largest absolute Gasteiger partial charge is 0.508 e. The van der Waals surface area contributed by atoms with E-state index < -0.39 is 0 Å². The zero-order valence-corrected chi connectivity index (χ0v) is 10.6. The summed E-state index contributed by atoms with van der Waals surface area (Å²) in [6.07, 6.45) is 5.08. The average Bonchev–Trinajstić information content (AvgIpc) is 2.20. The highest BCUT2D eigenvalue weighted by Gasteiger charge is 2.09. The van der Waals surface area contributed by atoms with Crippen LogP contribution < -0.4 is 0 Å². The average molecular weight is 238 g/mol. The molecule has 1 aromatic rings. The Kier molecular flexibility index (Phi) is 5.13. The molecule has 0 amide bonds. The Bertz CT molecular complexity index is 335. The van der Waals surface area contributed by atoms with Crippen molar-refractivity contribution in [1.29, 1.82) is 0 Å². The molecule has 0 saturated heterocycles. The highest BCUT2D eigenvalue weighted by atomic mass is 16.3. The molecular weight excluding hydrogens is 216 g/mol. The maximum Gasteiger partial charge on any atom is 0.126 e. The van der Waals surface area contributed by atoms with Gasteiger partial charge in [-0.1, -0.05) is 33.1 Å². The molecule has 3 heteroatoms. The fraction of sp³-hybridized carbons (Fsp3) is 0.571. The maximum absolute atomic E-state index is 9.60. The highest BCUT2D eigenvalue weighted by molar-refractivity contribution is 5.48. The van der Waals surface area contributed by atoms with E-state index in [2.05, 4.69) is 13.8 Å². The van der Waals surface area contributed by atoms with E-state index in [0.717, 1.165) is 18.8 Å². The van der Waals surface area contributed by atoms with Gasteiger partial charge in [0.25, 0.3) is 0 Å². The van der Waals surface area contributed by atoms with Crippen LogP contribution >= 0.6 is 0 Å². The summed E-state index contributed by atoms with van der Waals surface area (Å²) >= 11 is 0. The predicted molar refractivity (Wildman–Crippen MR) is 68.4 cm³/mol. The van der Waals surface area contributed by atoms with E-state index in [-0.39, 0.29) is 17.2 Å². The molecule has 1 rings (SSSR count). The molecule has 3 nitrogen and oxygen atoms in total. The first-order valence-corrected chi connectivity index (χ1v) is 6.24. The van der Waals surface area contributed by atoms with Crippen LogP contribution in [0.1, 0.15) is 45.1 Å². The van der Waals surface area contributed by atoms with Crippen molar-refractivity contribution in [3.8, 4) is 17.2 Å². The third kappa shape index (κ3) is 4.55. The van der Waals surface area contributed by atoms with Gasteiger partial charge in [-0.25, -0.2) is 0 Å². The van der Waals surface area contributed by atoms with E-state index in [0.29, 0.717) is 12.0 Å². The molecule has 3 N–H and O–H groups in total. The number of benzene rings is 1. The van der Waals surface area contributed by atoms with E-state index in [1.54, 1.807) is 0 Å². The lowest BCUT2D eigenvalue weighted by Gasteiger charge is -2.08. The van der Waals surface area contributed by atoms with E-state index in [1.165, 1.54) is 25.0 Å². The lowest BCUT2D eigenvalue weighted by Crippen LogP contribution is -1.90. The molecule has 0 spiro atoms. The summed E-state index contributed by atoms with van der Waals surface area (Å²) in [7, 11) is 0. The van der Waals surface area contributed by atoms with Crippen LogP contribution in [0, 0.1) is 5.92 Å². The molecule has 0 aliphatic rings. The number of phenolic OH excluding ortho intramolecular Hbond substituents is 3. The normalized spacial score (nSPS) is 11.0. The van der Waals surface area contributed by atoms with E-state index in [9.17, 15) is 10.2 Å². The molecule has 17 heavy (non-hydrogen) atoms. The van der Waals surface area contributed by atoms with Crippen molar-refractivity contribution < 1.29 is 15.3 Å². The molecule has 0 unspecified atom stereocenters. The van der Waals surface area contributed by atoms with Crippen LogP contribution in [0.5, 0.6) is 17.2 Å². The van der Waals surface area contributed by atoms with Crippen molar-refractivity contribution in [2.24, 2.45) is 5.92 Å². The third-order valence-electron chi connectivity index (χ3n) is 2.90. The molecule has 0 radical (unpaired) electrons. The molecule has 0 saturated carbocycles. The maximum atomic E-state index is 9.60. The second-order valence-corrected chi connectivity index (χ2v) is 4.96. The minimum atomic E-state index is -0.108. The van der Waals surface area contributed by atoms with Crippen LogP contribution in [-0.2, 0) is 6.42 Å². The van der Waals surface area contributed by atoms with Crippen molar-refractivity contribution in [2.45, 2.75) is 46.0 Å². The van der Waals surface area contributed by atoms with Crippen molar-refractivity contribution in [3.05, 3.63) is 17.7 Å². The van der Waals surface area contributed by atoms with E-state index in [4.69, 9.17) is 5.11 Å². The molecule has 0 aliphatic heterocycles. The molecule has 0 bridgehead atoms. The zero-order chi connectivity index (χ0) is 12.8. The summed E-state index contributed by atoms with van der Waals surface area (Å²) in [6, 6.07) is 2.53. The van der Waals surface area contributed by atoms with Crippen LogP contribution in [0.3, 0.4) is 0 Å². The number of hydrogen-bond donors (Lipinski definition) is 3. The van der Waals surface area contributed by atoms with Gasteiger partial charge < -0.3 is 15.3 Å². The van der Waals surface area contributed by atoms with Crippen LogP contribution in [0.2, 0.25) is 0 Å². The number of phenols is 3. The van der Waals surface area contributed by atoms with Gasteiger partial charge in [-0.05, 0) is 18.8 Å². The quantitative estimate of drug-likeness (QED) is 0.664. The summed E-state index contributed by atoms with van der Waals surface area (Å²) in [5.41, 5.74) is 0.535. The van der Waals surface area contributed by atoms with Crippen molar-refractivity contribution in [3.63, 3.8) is 0 Å². The van der Waals surface area contributed by atoms with Gasteiger partial charge >= 0.3 is 0 Å². The Morgan fingerprint density at radius 2 is 1.53 bits per heavy atom. The molecule has 96 valence electrons.